The van der Waals surface area contributed by atoms with Crippen molar-refractivity contribution in [1.29, 1.82) is 0 Å². The van der Waals surface area contributed by atoms with E-state index in [-0.39, 0.29) is 18.1 Å². The first-order valence-corrected chi connectivity index (χ1v) is 7.89. The summed E-state index contributed by atoms with van der Waals surface area (Å²) in [4.78, 5) is 13.8. The first-order chi connectivity index (χ1) is 10.6. The standard InChI is InChI=1S/C18H25NO3/c1-3-22-18(21)13-16-11-7-10-15(19(16)2)12-17(20)14-8-5-4-6-9-14/h4-9,11,15-17,20H,3,10,12-13H2,1-2H3/t15?,16?,17-/m0/s1. The zero-order valence-corrected chi connectivity index (χ0v) is 13.3. The lowest BCUT2D eigenvalue weighted by molar-refractivity contribution is -0.144. The number of esters is 1. The Labute approximate surface area is 132 Å². The van der Waals surface area contributed by atoms with Crippen molar-refractivity contribution < 1.29 is 14.6 Å². The molecule has 2 unspecified atom stereocenters. The van der Waals surface area contributed by atoms with Gasteiger partial charge in [-0.25, -0.2) is 0 Å². The van der Waals surface area contributed by atoms with Gasteiger partial charge in [-0.3, -0.25) is 9.69 Å². The number of likely N-dealkylation sites (N-methyl/N-ethyl adjacent to an activating group) is 1. The van der Waals surface area contributed by atoms with Crippen molar-refractivity contribution in [2.24, 2.45) is 0 Å². The van der Waals surface area contributed by atoms with Crippen LogP contribution >= 0.6 is 0 Å². The maximum atomic E-state index is 11.7. The minimum atomic E-state index is -0.483. The Kier molecular flexibility index (Phi) is 6.16. The molecule has 1 aliphatic heterocycles. The normalized spacial score (nSPS) is 23.2. The van der Waals surface area contributed by atoms with Crippen molar-refractivity contribution in [2.75, 3.05) is 13.7 Å². The van der Waals surface area contributed by atoms with Gasteiger partial charge >= 0.3 is 5.97 Å². The third-order valence-electron chi connectivity index (χ3n) is 4.23. The minimum Gasteiger partial charge on any atom is -0.466 e. The third-order valence-corrected chi connectivity index (χ3v) is 4.23. The van der Waals surface area contributed by atoms with E-state index >= 15 is 0 Å². The Morgan fingerprint density at radius 2 is 2.14 bits per heavy atom. The average Bonchev–Trinajstić information content (AvgIpc) is 2.52. The van der Waals surface area contributed by atoms with Crippen LogP contribution in [0.15, 0.2) is 42.5 Å². The molecule has 120 valence electrons. The van der Waals surface area contributed by atoms with Crippen molar-refractivity contribution in [1.82, 2.24) is 4.90 Å². The molecule has 0 bridgehead atoms. The number of rotatable bonds is 6. The minimum absolute atomic E-state index is 0.0424. The van der Waals surface area contributed by atoms with Gasteiger partial charge in [0.1, 0.15) is 0 Å². The van der Waals surface area contributed by atoms with E-state index in [1.165, 1.54) is 0 Å². The summed E-state index contributed by atoms with van der Waals surface area (Å²) in [5.74, 6) is -0.173. The summed E-state index contributed by atoms with van der Waals surface area (Å²) in [6, 6.07) is 9.97. The zero-order chi connectivity index (χ0) is 15.9. The van der Waals surface area contributed by atoms with E-state index in [2.05, 4.69) is 17.1 Å². The Morgan fingerprint density at radius 1 is 1.41 bits per heavy atom. The quantitative estimate of drug-likeness (QED) is 0.648. The fourth-order valence-corrected chi connectivity index (χ4v) is 2.90. The topological polar surface area (TPSA) is 49.8 Å². The molecule has 4 nitrogen and oxygen atoms in total. The highest BCUT2D eigenvalue weighted by Crippen LogP contribution is 2.26. The number of aliphatic hydroxyl groups excluding tert-OH is 1. The van der Waals surface area contributed by atoms with Crippen LogP contribution in [0, 0.1) is 0 Å². The van der Waals surface area contributed by atoms with Crippen LogP contribution in [-0.2, 0) is 9.53 Å². The molecule has 0 spiro atoms. The number of carbonyl (C=O) groups excluding carboxylic acids is 1. The predicted octanol–water partition coefficient (Wildman–Crippen LogP) is 2.69. The molecular formula is C18H25NO3. The maximum Gasteiger partial charge on any atom is 0.307 e. The van der Waals surface area contributed by atoms with Crippen LogP contribution in [0.3, 0.4) is 0 Å². The fourth-order valence-electron chi connectivity index (χ4n) is 2.90. The van der Waals surface area contributed by atoms with E-state index in [9.17, 15) is 9.90 Å². The summed E-state index contributed by atoms with van der Waals surface area (Å²) in [5.41, 5.74) is 0.937. The average molecular weight is 303 g/mol. The van der Waals surface area contributed by atoms with E-state index in [1.54, 1.807) is 0 Å². The number of ether oxygens (including phenoxy) is 1. The first kappa shape index (κ1) is 16.7. The molecule has 0 saturated carbocycles. The summed E-state index contributed by atoms with van der Waals surface area (Å²) in [6.07, 6.45) is 5.58. The monoisotopic (exact) mass is 303 g/mol. The van der Waals surface area contributed by atoms with E-state index in [1.807, 2.05) is 44.3 Å². The molecule has 3 atom stereocenters. The molecule has 1 aromatic rings. The van der Waals surface area contributed by atoms with Gasteiger partial charge in [0.25, 0.3) is 0 Å². The van der Waals surface area contributed by atoms with Gasteiger partial charge in [0, 0.05) is 12.1 Å². The molecule has 0 aromatic heterocycles. The van der Waals surface area contributed by atoms with E-state index in [0.29, 0.717) is 19.4 Å². The van der Waals surface area contributed by atoms with Gasteiger partial charge in [-0.15, -0.1) is 0 Å². The second-order valence-electron chi connectivity index (χ2n) is 5.72. The van der Waals surface area contributed by atoms with E-state index < -0.39 is 6.10 Å². The SMILES string of the molecule is CCOC(=O)CC1C=CCC(C[C@H](O)c2ccccc2)N1C. The van der Waals surface area contributed by atoms with Crippen molar-refractivity contribution in [3.63, 3.8) is 0 Å². The van der Waals surface area contributed by atoms with Crippen molar-refractivity contribution >= 4 is 5.97 Å². The van der Waals surface area contributed by atoms with Crippen LogP contribution in [-0.4, -0.2) is 41.7 Å². The van der Waals surface area contributed by atoms with Crippen molar-refractivity contribution in [2.45, 2.75) is 44.4 Å². The highest BCUT2D eigenvalue weighted by atomic mass is 16.5. The lowest BCUT2D eigenvalue weighted by atomic mass is 9.94. The molecule has 4 heteroatoms. The second-order valence-corrected chi connectivity index (χ2v) is 5.72. The Morgan fingerprint density at radius 3 is 2.82 bits per heavy atom. The highest BCUT2D eigenvalue weighted by Gasteiger charge is 2.28. The highest BCUT2D eigenvalue weighted by molar-refractivity contribution is 5.70. The van der Waals surface area contributed by atoms with E-state index in [0.717, 1.165) is 12.0 Å². The Balaban J connectivity index is 1.95. The summed E-state index contributed by atoms with van der Waals surface area (Å²) >= 11 is 0. The van der Waals surface area contributed by atoms with Gasteiger partial charge in [0.05, 0.1) is 19.1 Å². The molecule has 1 N–H and O–H groups in total. The lowest BCUT2D eigenvalue weighted by Crippen LogP contribution is -2.43. The van der Waals surface area contributed by atoms with Crippen LogP contribution in [0.4, 0.5) is 0 Å². The van der Waals surface area contributed by atoms with Crippen LogP contribution in [0.25, 0.3) is 0 Å². The molecule has 0 radical (unpaired) electrons. The smallest absolute Gasteiger partial charge is 0.307 e. The molecule has 0 aliphatic carbocycles. The molecule has 2 rings (SSSR count). The van der Waals surface area contributed by atoms with Gasteiger partial charge in [-0.05, 0) is 32.4 Å². The number of benzene rings is 1. The second kappa shape index (κ2) is 8.11. The lowest BCUT2D eigenvalue weighted by Gasteiger charge is -2.37. The Bertz CT molecular complexity index is 500. The number of hydrogen-bond donors (Lipinski definition) is 1. The van der Waals surface area contributed by atoms with Gasteiger partial charge in [-0.2, -0.15) is 0 Å². The van der Waals surface area contributed by atoms with Gasteiger partial charge in [-0.1, -0.05) is 42.5 Å². The molecule has 0 fully saturated rings. The third kappa shape index (κ3) is 4.42. The number of aliphatic hydroxyl groups is 1. The summed E-state index contributed by atoms with van der Waals surface area (Å²) < 4.78 is 5.03. The summed E-state index contributed by atoms with van der Waals surface area (Å²) in [5, 5.41) is 10.4. The first-order valence-electron chi connectivity index (χ1n) is 7.89. The molecule has 1 aliphatic rings. The van der Waals surface area contributed by atoms with Crippen molar-refractivity contribution in [3.05, 3.63) is 48.0 Å². The van der Waals surface area contributed by atoms with Crippen LogP contribution < -0.4 is 0 Å². The van der Waals surface area contributed by atoms with Crippen LogP contribution in [0.5, 0.6) is 0 Å². The Hall–Kier alpha value is -1.65. The molecule has 1 aromatic carbocycles. The van der Waals surface area contributed by atoms with E-state index in [4.69, 9.17) is 4.74 Å². The van der Waals surface area contributed by atoms with Crippen LogP contribution in [0.1, 0.15) is 37.9 Å². The van der Waals surface area contributed by atoms with Gasteiger partial charge in [0.2, 0.25) is 0 Å². The fraction of sp³-hybridized carbons (Fsp3) is 0.500. The number of hydrogen-bond acceptors (Lipinski definition) is 4. The molecule has 22 heavy (non-hydrogen) atoms. The molecular weight excluding hydrogens is 278 g/mol. The molecule has 0 saturated heterocycles. The summed E-state index contributed by atoms with van der Waals surface area (Å²) in [7, 11) is 2.01. The molecule has 0 amide bonds. The number of carbonyl (C=O) groups is 1. The maximum absolute atomic E-state index is 11.7. The largest absolute Gasteiger partial charge is 0.466 e. The zero-order valence-electron chi connectivity index (χ0n) is 13.3. The van der Waals surface area contributed by atoms with Crippen molar-refractivity contribution in [3.8, 4) is 0 Å². The van der Waals surface area contributed by atoms with Crippen LogP contribution in [0.2, 0.25) is 0 Å². The van der Waals surface area contributed by atoms with Gasteiger partial charge in [0.15, 0.2) is 0 Å². The summed E-state index contributed by atoms with van der Waals surface area (Å²) in [6.45, 7) is 2.23. The predicted molar refractivity (Wildman–Crippen MR) is 86.4 cm³/mol. The number of nitrogens with zero attached hydrogens (tertiary/aromatic N) is 1. The van der Waals surface area contributed by atoms with Gasteiger partial charge < -0.3 is 9.84 Å². The molecule has 1 heterocycles.